The summed E-state index contributed by atoms with van der Waals surface area (Å²) in [5.74, 6) is 1.85. The summed E-state index contributed by atoms with van der Waals surface area (Å²) in [6, 6.07) is 16.8. The second-order valence-electron chi connectivity index (χ2n) is 7.41. The Morgan fingerprint density at radius 3 is 2.54 bits per heavy atom. The van der Waals surface area contributed by atoms with E-state index in [2.05, 4.69) is 51.0 Å². The first-order chi connectivity index (χ1) is 13.7. The number of rotatable bonds is 6. The average molecular weight is 377 g/mol. The maximum absolute atomic E-state index is 5.58. The number of para-hydroxylation sites is 2. The molecule has 0 bridgehead atoms. The molecule has 0 atom stereocenters. The van der Waals surface area contributed by atoms with Crippen LogP contribution in [0.2, 0.25) is 0 Å². The molecule has 1 aliphatic rings. The fraction of sp³-hybridized carbons (Fsp3) is 0.348. The molecule has 146 valence electrons. The third kappa shape index (κ3) is 3.57. The van der Waals surface area contributed by atoms with E-state index < -0.39 is 0 Å². The van der Waals surface area contributed by atoms with Gasteiger partial charge in [0.25, 0.3) is 0 Å². The molecule has 5 heteroatoms. The van der Waals surface area contributed by atoms with Crippen molar-refractivity contribution >= 4 is 5.69 Å². The number of methoxy groups -OCH3 is 2. The molecule has 4 rings (SSSR count). The summed E-state index contributed by atoms with van der Waals surface area (Å²) in [6.07, 6.45) is 7.92. The zero-order chi connectivity index (χ0) is 19.4. The topological polar surface area (TPSA) is 39.5 Å². The van der Waals surface area contributed by atoms with E-state index >= 15 is 0 Å². The number of hydrogen-bond donors (Lipinski definition) is 0. The van der Waals surface area contributed by atoms with Gasteiger partial charge < -0.3 is 18.9 Å². The number of hydrogen-bond acceptors (Lipinski definition) is 4. The van der Waals surface area contributed by atoms with Crippen molar-refractivity contribution in [2.45, 2.75) is 24.8 Å². The van der Waals surface area contributed by atoms with E-state index in [1.54, 1.807) is 14.2 Å². The summed E-state index contributed by atoms with van der Waals surface area (Å²) in [7, 11) is 3.47. The van der Waals surface area contributed by atoms with Crippen LogP contribution in [0.4, 0.5) is 5.69 Å². The van der Waals surface area contributed by atoms with Gasteiger partial charge in [0.15, 0.2) is 0 Å². The molecule has 1 fully saturated rings. The van der Waals surface area contributed by atoms with Crippen molar-refractivity contribution in [1.29, 1.82) is 0 Å². The third-order valence-electron chi connectivity index (χ3n) is 5.87. The van der Waals surface area contributed by atoms with Crippen molar-refractivity contribution in [3.8, 4) is 11.5 Å². The van der Waals surface area contributed by atoms with Crippen molar-refractivity contribution < 1.29 is 9.47 Å². The van der Waals surface area contributed by atoms with Gasteiger partial charge in [0.2, 0.25) is 0 Å². The normalized spacial score (nSPS) is 16.0. The minimum Gasteiger partial charge on any atom is -0.497 e. The first-order valence-corrected chi connectivity index (χ1v) is 9.72. The Hall–Kier alpha value is -2.95. The highest BCUT2D eigenvalue weighted by atomic mass is 16.5. The molecular formula is C23H27N3O2. The van der Waals surface area contributed by atoms with Crippen LogP contribution in [0.15, 0.2) is 67.3 Å². The summed E-state index contributed by atoms with van der Waals surface area (Å²) < 4.78 is 13.3. The summed E-state index contributed by atoms with van der Waals surface area (Å²) in [4.78, 5) is 6.68. The number of imidazole rings is 1. The van der Waals surface area contributed by atoms with Crippen LogP contribution in [0.25, 0.3) is 0 Å². The molecule has 0 aliphatic carbocycles. The number of ether oxygens (including phenoxy) is 2. The Balaban J connectivity index is 1.63. The van der Waals surface area contributed by atoms with Crippen LogP contribution in [-0.4, -0.2) is 36.9 Å². The SMILES string of the molecule is COc1cccc(C2(Cn3ccnc3)CCN(c3ccccc3OC)CC2)c1. The molecule has 3 aromatic rings. The van der Waals surface area contributed by atoms with E-state index in [0.717, 1.165) is 44.0 Å². The van der Waals surface area contributed by atoms with E-state index in [9.17, 15) is 0 Å². The molecule has 0 unspecified atom stereocenters. The smallest absolute Gasteiger partial charge is 0.142 e. The summed E-state index contributed by atoms with van der Waals surface area (Å²) in [5.41, 5.74) is 2.56. The van der Waals surface area contributed by atoms with Crippen molar-refractivity contribution in [2.75, 3.05) is 32.2 Å². The Bertz CT molecular complexity index is 900. The van der Waals surface area contributed by atoms with Gasteiger partial charge in [-0.25, -0.2) is 4.98 Å². The van der Waals surface area contributed by atoms with Gasteiger partial charge >= 0.3 is 0 Å². The van der Waals surface area contributed by atoms with Crippen molar-refractivity contribution in [2.24, 2.45) is 0 Å². The molecule has 2 aromatic carbocycles. The zero-order valence-corrected chi connectivity index (χ0v) is 16.5. The molecule has 1 aliphatic heterocycles. The third-order valence-corrected chi connectivity index (χ3v) is 5.87. The van der Waals surface area contributed by atoms with E-state index in [0.29, 0.717) is 0 Å². The molecule has 1 saturated heterocycles. The highest BCUT2D eigenvalue weighted by molar-refractivity contribution is 5.59. The molecule has 0 saturated carbocycles. The largest absolute Gasteiger partial charge is 0.497 e. The summed E-state index contributed by atoms with van der Waals surface area (Å²) in [6.45, 7) is 2.87. The van der Waals surface area contributed by atoms with E-state index in [1.807, 2.05) is 30.7 Å². The molecule has 0 spiro atoms. The maximum atomic E-state index is 5.58. The molecule has 0 radical (unpaired) electrons. The van der Waals surface area contributed by atoms with Gasteiger partial charge in [0.1, 0.15) is 11.5 Å². The van der Waals surface area contributed by atoms with E-state index in [1.165, 1.54) is 11.3 Å². The lowest BCUT2D eigenvalue weighted by Crippen LogP contribution is -2.45. The number of anilines is 1. The first-order valence-electron chi connectivity index (χ1n) is 9.72. The monoisotopic (exact) mass is 377 g/mol. The fourth-order valence-electron chi connectivity index (χ4n) is 4.29. The highest BCUT2D eigenvalue weighted by Crippen LogP contribution is 2.41. The predicted molar refractivity (Wildman–Crippen MR) is 111 cm³/mol. The van der Waals surface area contributed by atoms with Crippen LogP contribution < -0.4 is 14.4 Å². The van der Waals surface area contributed by atoms with Crippen LogP contribution in [0, 0.1) is 0 Å². The average Bonchev–Trinajstić information content (AvgIpc) is 3.27. The highest BCUT2D eigenvalue weighted by Gasteiger charge is 2.37. The lowest BCUT2D eigenvalue weighted by atomic mass is 9.72. The first kappa shape index (κ1) is 18.4. The van der Waals surface area contributed by atoms with Gasteiger partial charge in [0.05, 0.1) is 26.2 Å². The van der Waals surface area contributed by atoms with Crippen molar-refractivity contribution in [1.82, 2.24) is 9.55 Å². The predicted octanol–water partition coefficient (Wildman–Crippen LogP) is 4.14. The summed E-state index contributed by atoms with van der Waals surface area (Å²) in [5, 5.41) is 0. The number of benzene rings is 2. The number of nitrogens with zero attached hydrogens (tertiary/aromatic N) is 3. The Morgan fingerprint density at radius 2 is 1.82 bits per heavy atom. The minimum atomic E-state index is 0.0494. The van der Waals surface area contributed by atoms with Gasteiger partial charge in [0, 0.05) is 37.4 Å². The Labute approximate surface area is 166 Å². The van der Waals surface area contributed by atoms with Gasteiger partial charge in [-0.15, -0.1) is 0 Å². The molecule has 2 heterocycles. The van der Waals surface area contributed by atoms with E-state index in [4.69, 9.17) is 9.47 Å². The van der Waals surface area contributed by atoms with Gasteiger partial charge in [-0.2, -0.15) is 0 Å². The lowest BCUT2D eigenvalue weighted by Gasteiger charge is -2.43. The van der Waals surface area contributed by atoms with Crippen LogP contribution in [0.5, 0.6) is 11.5 Å². The number of piperidine rings is 1. The van der Waals surface area contributed by atoms with Gasteiger partial charge in [-0.3, -0.25) is 0 Å². The second kappa shape index (κ2) is 7.97. The molecular weight excluding hydrogens is 350 g/mol. The van der Waals surface area contributed by atoms with Crippen LogP contribution >= 0.6 is 0 Å². The molecule has 1 aromatic heterocycles. The Kier molecular flexibility index (Phi) is 5.24. The van der Waals surface area contributed by atoms with Crippen molar-refractivity contribution in [3.05, 3.63) is 72.8 Å². The molecule has 5 nitrogen and oxygen atoms in total. The van der Waals surface area contributed by atoms with E-state index in [-0.39, 0.29) is 5.41 Å². The van der Waals surface area contributed by atoms with Crippen molar-refractivity contribution in [3.63, 3.8) is 0 Å². The number of aromatic nitrogens is 2. The van der Waals surface area contributed by atoms with Gasteiger partial charge in [-0.05, 0) is 42.7 Å². The van der Waals surface area contributed by atoms with Crippen LogP contribution in [0.3, 0.4) is 0 Å². The minimum absolute atomic E-state index is 0.0494. The standard InChI is InChI=1S/C23H27N3O2/c1-27-20-7-5-6-19(16-20)23(17-25-15-12-24-18-25)10-13-26(14-11-23)21-8-3-4-9-22(21)28-2/h3-9,12,15-16,18H,10-11,13-14,17H2,1-2H3. The molecule has 0 N–H and O–H groups in total. The molecule has 0 amide bonds. The second-order valence-corrected chi connectivity index (χ2v) is 7.41. The molecule has 28 heavy (non-hydrogen) atoms. The maximum Gasteiger partial charge on any atom is 0.142 e. The lowest BCUT2D eigenvalue weighted by molar-refractivity contribution is 0.285. The quantitative estimate of drug-likeness (QED) is 0.647. The zero-order valence-electron chi connectivity index (χ0n) is 16.5. The fourth-order valence-corrected chi connectivity index (χ4v) is 4.29. The van der Waals surface area contributed by atoms with Crippen LogP contribution in [-0.2, 0) is 12.0 Å². The van der Waals surface area contributed by atoms with Crippen LogP contribution in [0.1, 0.15) is 18.4 Å². The van der Waals surface area contributed by atoms with Gasteiger partial charge in [-0.1, -0.05) is 24.3 Å². The Morgan fingerprint density at radius 1 is 1.00 bits per heavy atom. The summed E-state index contributed by atoms with van der Waals surface area (Å²) >= 11 is 0.